The summed E-state index contributed by atoms with van der Waals surface area (Å²) in [7, 11) is 4.83. The number of anilines is 1. The smallest absolute Gasteiger partial charge is 0.351 e. The molecular formula is C11H11BN2O5S. The van der Waals surface area contributed by atoms with Gasteiger partial charge in [-0.2, -0.15) is 0 Å². The van der Waals surface area contributed by atoms with Crippen LogP contribution in [0.15, 0.2) is 21.3 Å². The van der Waals surface area contributed by atoms with Crippen molar-refractivity contribution in [3.8, 4) is 0 Å². The van der Waals surface area contributed by atoms with E-state index in [2.05, 4.69) is 0 Å². The van der Waals surface area contributed by atoms with E-state index in [0.717, 1.165) is 0 Å². The lowest BCUT2D eigenvalue weighted by molar-refractivity contribution is 0.0692. The number of hydrogen-bond acceptors (Lipinski definition) is 5. The van der Waals surface area contributed by atoms with Crippen LogP contribution in [0.1, 0.15) is 10.4 Å². The molecule has 20 heavy (non-hydrogen) atoms. The summed E-state index contributed by atoms with van der Waals surface area (Å²) in [6.45, 7) is 0. The van der Waals surface area contributed by atoms with Crippen molar-refractivity contribution in [3.05, 3.63) is 28.1 Å². The lowest BCUT2D eigenvalue weighted by Gasteiger charge is -2.20. The molecule has 2 aromatic rings. The molecule has 0 fully saturated rings. The van der Waals surface area contributed by atoms with Crippen LogP contribution in [-0.4, -0.2) is 44.0 Å². The molecule has 0 unspecified atom stereocenters. The average Bonchev–Trinajstić information content (AvgIpc) is 2.78. The summed E-state index contributed by atoms with van der Waals surface area (Å²) in [6, 6.07) is 2.55. The number of rotatable bonds is 2. The summed E-state index contributed by atoms with van der Waals surface area (Å²) in [5, 5.41) is 9.44. The molecule has 2 rings (SSSR count). The van der Waals surface area contributed by atoms with Crippen molar-refractivity contribution in [2.24, 2.45) is 0 Å². The van der Waals surface area contributed by atoms with Gasteiger partial charge in [0, 0.05) is 13.1 Å². The Morgan fingerprint density at radius 1 is 1.35 bits per heavy atom. The molecule has 0 aliphatic rings. The van der Waals surface area contributed by atoms with Crippen LogP contribution in [-0.2, 0) is 0 Å². The van der Waals surface area contributed by atoms with Gasteiger partial charge in [0.2, 0.25) is 7.98 Å². The van der Waals surface area contributed by atoms with Crippen LogP contribution >= 0.6 is 11.3 Å². The molecule has 0 atom stereocenters. The molecule has 1 N–H and O–H groups in total. The van der Waals surface area contributed by atoms with Gasteiger partial charge in [0.25, 0.3) is 0 Å². The molecule has 0 aliphatic carbocycles. The van der Waals surface area contributed by atoms with Crippen molar-refractivity contribution in [2.45, 2.75) is 0 Å². The molecule has 9 heteroatoms. The van der Waals surface area contributed by atoms with E-state index in [1.54, 1.807) is 22.1 Å². The van der Waals surface area contributed by atoms with Crippen LogP contribution in [0.2, 0.25) is 0 Å². The van der Waals surface area contributed by atoms with E-state index in [9.17, 15) is 14.4 Å². The van der Waals surface area contributed by atoms with Gasteiger partial charge in [-0.25, -0.2) is 14.4 Å². The quantitative estimate of drug-likeness (QED) is 0.818. The number of fused-ring (bicyclic) bond motifs is 1. The highest BCUT2D eigenvalue weighted by Crippen LogP contribution is 2.32. The number of nitrogens with zero attached hydrogens (tertiary/aromatic N) is 2. The predicted octanol–water partition coefficient (Wildman–Crippen LogP) is 0.589. The SMILES string of the molecule is BN(C)C(=O)N(C)c1cc2oc(=O)c(C(=O)O)cc2s1. The first-order chi connectivity index (χ1) is 9.31. The third-order valence-electron chi connectivity index (χ3n) is 2.64. The molecule has 2 heterocycles. The van der Waals surface area contributed by atoms with Crippen molar-refractivity contribution in [1.82, 2.24) is 4.81 Å². The number of carbonyl (C=O) groups excluding carboxylic acids is 1. The molecule has 2 aromatic heterocycles. The number of carboxylic acid groups (broad SMARTS) is 1. The summed E-state index contributed by atoms with van der Waals surface area (Å²) in [4.78, 5) is 37.0. The second-order valence-electron chi connectivity index (χ2n) is 4.30. The Morgan fingerprint density at radius 3 is 2.55 bits per heavy atom. The standard InChI is InChI=1S/C11H11BN2O5S/c1-13(11(18)14(2)12)8-4-6-7(20-8)3-5(9(15)16)10(17)19-6/h3-4H,12H2,1-2H3,(H,15,16). The Balaban J connectivity index is 2.52. The number of carbonyl (C=O) groups is 2. The van der Waals surface area contributed by atoms with Crippen molar-refractivity contribution in [2.75, 3.05) is 19.0 Å². The minimum absolute atomic E-state index is 0.239. The van der Waals surface area contributed by atoms with Crippen LogP contribution in [0.25, 0.3) is 10.3 Å². The molecule has 0 radical (unpaired) electrons. The van der Waals surface area contributed by atoms with E-state index in [1.165, 1.54) is 33.2 Å². The summed E-state index contributed by atoms with van der Waals surface area (Å²) in [5.41, 5.74) is -1.07. The van der Waals surface area contributed by atoms with Crippen molar-refractivity contribution >= 4 is 46.6 Å². The van der Waals surface area contributed by atoms with Crippen LogP contribution < -0.4 is 10.5 Å². The second-order valence-corrected chi connectivity index (χ2v) is 5.36. The Bertz CT molecular complexity index is 751. The monoisotopic (exact) mass is 294 g/mol. The normalized spacial score (nSPS) is 10.5. The highest BCUT2D eigenvalue weighted by atomic mass is 32.1. The first kappa shape index (κ1) is 14.1. The van der Waals surface area contributed by atoms with Gasteiger partial charge < -0.3 is 14.3 Å². The average molecular weight is 294 g/mol. The minimum Gasteiger partial charge on any atom is -0.477 e. The van der Waals surface area contributed by atoms with E-state index in [4.69, 9.17) is 9.52 Å². The highest BCUT2D eigenvalue weighted by Gasteiger charge is 2.18. The van der Waals surface area contributed by atoms with E-state index in [0.29, 0.717) is 9.70 Å². The maximum atomic E-state index is 11.8. The highest BCUT2D eigenvalue weighted by molar-refractivity contribution is 7.22. The zero-order chi connectivity index (χ0) is 15.0. The largest absolute Gasteiger partial charge is 0.477 e. The van der Waals surface area contributed by atoms with E-state index in [-0.39, 0.29) is 11.6 Å². The summed E-state index contributed by atoms with van der Waals surface area (Å²) >= 11 is 1.17. The van der Waals surface area contributed by atoms with Gasteiger partial charge >= 0.3 is 17.6 Å². The molecule has 7 nitrogen and oxygen atoms in total. The predicted molar refractivity (Wildman–Crippen MR) is 77.4 cm³/mol. The zero-order valence-corrected chi connectivity index (χ0v) is 11.9. The topological polar surface area (TPSA) is 91.1 Å². The molecule has 0 saturated heterocycles. The van der Waals surface area contributed by atoms with Gasteiger partial charge in [0.1, 0.15) is 10.6 Å². The molecular weight excluding hydrogens is 283 g/mol. The number of aromatic carboxylic acids is 1. The Labute approximate surface area is 118 Å². The van der Waals surface area contributed by atoms with E-state index >= 15 is 0 Å². The minimum atomic E-state index is -1.34. The van der Waals surface area contributed by atoms with Crippen LogP contribution in [0.4, 0.5) is 9.80 Å². The first-order valence-electron chi connectivity index (χ1n) is 5.57. The zero-order valence-electron chi connectivity index (χ0n) is 11.0. The van der Waals surface area contributed by atoms with Gasteiger partial charge in [-0.1, -0.05) is 0 Å². The molecule has 0 aromatic carbocycles. The Hall–Kier alpha value is -2.29. The van der Waals surface area contributed by atoms with Gasteiger partial charge in [0.05, 0.1) is 4.70 Å². The van der Waals surface area contributed by atoms with Gasteiger partial charge in [-0.05, 0) is 13.1 Å². The third kappa shape index (κ3) is 2.39. The summed E-state index contributed by atoms with van der Waals surface area (Å²) < 4.78 is 5.44. The fourth-order valence-corrected chi connectivity index (χ4v) is 2.59. The number of hydrogen-bond donors (Lipinski definition) is 1. The van der Waals surface area contributed by atoms with Crippen molar-refractivity contribution in [3.63, 3.8) is 0 Å². The van der Waals surface area contributed by atoms with Gasteiger partial charge in [-0.15, -0.1) is 11.3 Å². The number of urea groups is 1. The first-order valence-corrected chi connectivity index (χ1v) is 6.39. The maximum absolute atomic E-state index is 11.8. The second kappa shape index (κ2) is 5.01. The lowest BCUT2D eigenvalue weighted by atomic mass is 10.3. The van der Waals surface area contributed by atoms with Crippen LogP contribution in [0.5, 0.6) is 0 Å². The van der Waals surface area contributed by atoms with E-state index in [1.807, 2.05) is 0 Å². The van der Waals surface area contributed by atoms with Crippen molar-refractivity contribution in [1.29, 1.82) is 0 Å². The molecule has 0 saturated carbocycles. The molecule has 0 aliphatic heterocycles. The van der Waals surface area contributed by atoms with Crippen LogP contribution in [0.3, 0.4) is 0 Å². The Morgan fingerprint density at radius 2 is 2.00 bits per heavy atom. The lowest BCUT2D eigenvalue weighted by Crippen LogP contribution is -2.36. The summed E-state index contributed by atoms with van der Waals surface area (Å²) in [6.07, 6.45) is 0. The third-order valence-corrected chi connectivity index (χ3v) is 3.78. The fraction of sp³-hybridized carbons (Fsp3) is 0.182. The molecule has 104 valence electrons. The maximum Gasteiger partial charge on any atom is 0.351 e. The number of carboxylic acids is 1. The van der Waals surface area contributed by atoms with Crippen molar-refractivity contribution < 1.29 is 19.1 Å². The molecule has 0 spiro atoms. The number of amides is 2. The fourth-order valence-electron chi connectivity index (χ4n) is 1.61. The molecule has 2 amide bonds. The van der Waals surface area contributed by atoms with Crippen LogP contribution in [0, 0.1) is 0 Å². The van der Waals surface area contributed by atoms with Gasteiger partial charge in [0.15, 0.2) is 5.58 Å². The van der Waals surface area contributed by atoms with Gasteiger partial charge in [-0.3, -0.25) is 4.90 Å². The number of thiophene rings is 1. The molecule has 0 bridgehead atoms. The summed E-state index contributed by atoms with van der Waals surface area (Å²) in [5.74, 6) is -1.34. The van der Waals surface area contributed by atoms with E-state index < -0.39 is 17.2 Å². The Kier molecular flexibility index (Phi) is 3.54.